The lowest BCUT2D eigenvalue weighted by Gasteiger charge is -2.06. The summed E-state index contributed by atoms with van der Waals surface area (Å²) >= 11 is -1.17. The van der Waals surface area contributed by atoms with Crippen molar-refractivity contribution in [3.05, 3.63) is 0 Å². The molecule has 0 rings (SSSR count). The highest BCUT2D eigenvalue weighted by molar-refractivity contribution is 7.91. The van der Waals surface area contributed by atoms with Crippen LogP contribution in [0.1, 0.15) is 13.3 Å². The van der Waals surface area contributed by atoms with Crippen molar-refractivity contribution in [3.8, 4) is 0 Å². The Hall–Kier alpha value is 0.270. The van der Waals surface area contributed by atoms with Crippen molar-refractivity contribution in [3.63, 3.8) is 0 Å². The molecule has 0 heterocycles. The molecule has 7 heavy (non-hydrogen) atoms. The standard InChI is InChI=1S/C4H9O2S/c1-3-4(5)7(2)6/h4H,3H2,1-2H3. The maximum atomic E-state index is 10.3. The molecule has 0 bridgehead atoms. The van der Waals surface area contributed by atoms with Crippen molar-refractivity contribution < 1.29 is 9.66 Å². The van der Waals surface area contributed by atoms with Crippen molar-refractivity contribution in [2.75, 3.05) is 6.26 Å². The largest absolute Gasteiger partial charge is 0.614 e. The summed E-state index contributed by atoms with van der Waals surface area (Å²) in [6.45, 7) is 1.74. The van der Waals surface area contributed by atoms with E-state index in [1.165, 1.54) is 6.26 Å². The zero-order valence-corrected chi connectivity index (χ0v) is 5.33. The average Bonchev–Trinajstić information content (AvgIpc) is 1.65. The highest BCUT2D eigenvalue weighted by Crippen LogP contribution is 1.98. The van der Waals surface area contributed by atoms with Crippen LogP contribution in [-0.2, 0) is 16.3 Å². The lowest BCUT2D eigenvalue weighted by Crippen LogP contribution is -2.15. The molecule has 0 fully saturated rings. The van der Waals surface area contributed by atoms with E-state index in [9.17, 15) is 9.66 Å². The molecule has 0 aromatic carbocycles. The highest BCUT2D eigenvalue weighted by Gasteiger charge is 2.10. The molecule has 0 aromatic heterocycles. The fourth-order valence-electron chi connectivity index (χ4n) is 0.235. The van der Waals surface area contributed by atoms with E-state index in [-0.39, 0.29) is 0 Å². The molecule has 0 amide bonds. The molecular weight excluding hydrogens is 112 g/mol. The monoisotopic (exact) mass is 121 g/mol. The third kappa shape index (κ3) is 2.91. The van der Waals surface area contributed by atoms with Crippen LogP contribution < -0.4 is 0 Å². The molecule has 0 aliphatic heterocycles. The normalized spacial score (nSPS) is 18.9. The first-order chi connectivity index (χ1) is 3.18. The van der Waals surface area contributed by atoms with Gasteiger partial charge in [-0.15, -0.1) is 0 Å². The van der Waals surface area contributed by atoms with Crippen molar-refractivity contribution in [1.29, 1.82) is 0 Å². The minimum Gasteiger partial charge on any atom is -0.614 e. The van der Waals surface area contributed by atoms with Gasteiger partial charge in [-0.05, 0) is 11.2 Å². The Labute approximate surface area is 46.7 Å². The Balaban J connectivity index is 3.14. The van der Waals surface area contributed by atoms with Gasteiger partial charge in [0, 0.05) is 6.42 Å². The lowest BCUT2D eigenvalue weighted by atomic mass is 10.5. The van der Waals surface area contributed by atoms with E-state index in [0.29, 0.717) is 6.42 Å². The van der Waals surface area contributed by atoms with Crippen LogP contribution in [0, 0.1) is 0 Å². The topological polar surface area (TPSA) is 43.0 Å². The van der Waals surface area contributed by atoms with Gasteiger partial charge >= 0.3 is 0 Å². The van der Waals surface area contributed by atoms with Crippen molar-refractivity contribution >= 4 is 11.2 Å². The molecule has 2 nitrogen and oxygen atoms in total. The molecule has 43 valence electrons. The first kappa shape index (κ1) is 7.27. The first-order valence-corrected chi connectivity index (χ1v) is 3.78. The predicted molar refractivity (Wildman–Crippen MR) is 28.8 cm³/mol. The van der Waals surface area contributed by atoms with Gasteiger partial charge in [-0.2, -0.15) is 5.11 Å². The summed E-state index contributed by atoms with van der Waals surface area (Å²) < 4.78 is 10.2. The zero-order valence-electron chi connectivity index (χ0n) is 4.51. The molecule has 0 aromatic rings. The zero-order chi connectivity index (χ0) is 5.86. The van der Waals surface area contributed by atoms with E-state index in [2.05, 4.69) is 0 Å². The second kappa shape index (κ2) is 3.29. The fraction of sp³-hybridized carbons (Fsp3) is 1.00. The van der Waals surface area contributed by atoms with Gasteiger partial charge in [-0.25, -0.2) is 0 Å². The molecule has 0 aliphatic rings. The first-order valence-electron chi connectivity index (χ1n) is 2.16. The van der Waals surface area contributed by atoms with Crippen LogP contribution >= 0.6 is 0 Å². The van der Waals surface area contributed by atoms with Crippen LogP contribution in [0.2, 0.25) is 0 Å². The van der Waals surface area contributed by atoms with Crippen molar-refractivity contribution in [1.82, 2.24) is 0 Å². The van der Waals surface area contributed by atoms with Gasteiger partial charge in [0.1, 0.15) is 0 Å². The van der Waals surface area contributed by atoms with E-state index in [1.54, 1.807) is 6.92 Å². The minimum atomic E-state index is -1.17. The van der Waals surface area contributed by atoms with E-state index >= 15 is 0 Å². The third-order valence-corrected chi connectivity index (χ3v) is 1.78. The molecule has 2 atom stereocenters. The van der Waals surface area contributed by atoms with E-state index in [0.717, 1.165) is 0 Å². The Kier molecular flexibility index (Phi) is 3.42. The molecule has 2 unspecified atom stereocenters. The summed E-state index contributed by atoms with van der Waals surface area (Å²) in [6.07, 6.45) is 1.89. The van der Waals surface area contributed by atoms with Crippen LogP contribution in [0.5, 0.6) is 0 Å². The van der Waals surface area contributed by atoms with Crippen LogP contribution in [0.4, 0.5) is 0 Å². The maximum absolute atomic E-state index is 10.3. The van der Waals surface area contributed by atoms with Crippen LogP contribution in [0.25, 0.3) is 0 Å². The van der Waals surface area contributed by atoms with E-state index in [1.807, 2.05) is 0 Å². The highest BCUT2D eigenvalue weighted by atomic mass is 32.2. The summed E-state index contributed by atoms with van der Waals surface area (Å²) in [5.41, 5.74) is -0.875. The molecule has 3 heteroatoms. The van der Waals surface area contributed by atoms with Gasteiger partial charge in [-0.3, -0.25) is 0 Å². The SMILES string of the molecule is CCC([O])[S+](C)[O-]. The van der Waals surface area contributed by atoms with Gasteiger partial charge in [0.2, 0.25) is 5.44 Å². The van der Waals surface area contributed by atoms with E-state index < -0.39 is 16.6 Å². The summed E-state index contributed by atoms with van der Waals surface area (Å²) in [5.74, 6) is 0. The predicted octanol–water partition coefficient (Wildman–Crippen LogP) is 0.532. The quantitative estimate of drug-likeness (QED) is 0.491. The summed E-state index contributed by atoms with van der Waals surface area (Å²) in [4.78, 5) is 0. The van der Waals surface area contributed by atoms with Gasteiger partial charge < -0.3 is 4.55 Å². The van der Waals surface area contributed by atoms with Crippen LogP contribution in [-0.4, -0.2) is 16.2 Å². The summed E-state index contributed by atoms with van der Waals surface area (Å²) in [7, 11) is 0. The second-order valence-electron chi connectivity index (χ2n) is 1.34. The fourth-order valence-corrected chi connectivity index (χ4v) is 0.704. The molecular formula is C4H9O2S. The van der Waals surface area contributed by atoms with Gasteiger partial charge in [0.05, 0.1) is 6.26 Å². The number of hydrogen-bond acceptors (Lipinski definition) is 1. The molecule has 0 spiro atoms. The molecule has 0 N–H and O–H groups in total. The van der Waals surface area contributed by atoms with Gasteiger partial charge in [0.15, 0.2) is 0 Å². The van der Waals surface area contributed by atoms with E-state index in [4.69, 9.17) is 0 Å². The maximum Gasteiger partial charge on any atom is 0.245 e. The Bertz CT molecular complexity index is 47.0. The Morgan fingerprint density at radius 2 is 2.29 bits per heavy atom. The summed E-state index contributed by atoms with van der Waals surface area (Å²) in [6, 6.07) is 0. The molecule has 0 saturated heterocycles. The number of hydrogen-bond donors (Lipinski definition) is 0. The number of rotatable bonds is 2. The van der Waals surface area contributed by atoms with Crippen molar-refractivity contribution in [2.24, 2.45) is 0 Å². The second-order valence-corrected chi connectivity index (χ2v) is 2.86. The molecule has 0 aliphatic carbocycles. The minimum absolute atomic E-state index is 0.461. The van der Waals surface area contributed by atoms with Gasteiger partial charge in [-0.1, -0.05) is 6.92 Å². The van der Waals surface area contributed by atoms with Crippen LogP contribution in [0.3, 0.4) is 0 Å². The molecule has 1 radical (unpaired) electrons. The average molecular weight is 121 g/mol. The third-order valence-electron chi connectivity index (χ3n) is 0.704. The molecule has 0 saturated carbocycles. The van der Waals surface area contributed by atoms with Crippen LogP contribution in [0.15, 0.2) is 0 Å². The smallest absolute Gasteiger partial charge is 0.245 e. The lowest BCUT2D eigenvalue weighted by molar-refractivity contribution is 0.152. The Morgan fingerprint density at radius 3 is 2.29 bits per heavy atom. The Morgan fingerprint density at radius 1 is 1.86 bits per heavy atom. The van der Waals surface area contributed by atoms with Gasteiger partial charge in [0.25, 0.3) is 0 Å². The van der Waals surface area contributed by atoms with Crippen molar-refractivity contribution in [2.45, 2.75) is 18.8 Å². The summed E-state index contributed by atoms with van der Waals surface area (Å²) in [5, 5.41) is 10.3.